The molecule has 0 fully saturated rings. The molecule has 0 saturated carbocycles. The van der Waals surface area contributed by atoms with Crippen LogP contribution in [-0.4, -0.2) is 18.3 Å². The molecule has 1 aromatic carbocycles. The van der Waals surface area contributed by atoms with Gasteiger partial charge in [0.1, 0.15) is 5.82 Å². The molecule has 0 N–H and O–H groups in total. The van der Waals surface area contributed by atoms with Crippen LogP contribution in [0.5, 0.6) is 0 Å². The number of fused-ring (bicyclic) bond motifs is 1. The Kier molecular flexibility index (Phi) is 2.42. The summed E-state index contributed by atoms with van der Waals surface area (Å²) in [6, 6.07) is 4.39. The number of alkyl halides is 1. The van der Waals surface area contributed by atoms with Crippen molar-refractivity contribution in [3.05, 3.63) is 29.6 Å². The Morgan fingerprint density at radius 1 is 1.50 bits per heavy atom. The van der Waals surface area contributed by atoms with Crippen LogP contribution in [-0.2, 0) is 11.2 Å². The number of hydrogen-bond donors (Lipinski definition) is 0. The molecule has 74 valence electrons. The molecule has 1 aliphatic rings. The number of halogens is 2. The largest absolute Gasteiger partial charge is 0.311 e. The Morgan fingerprint density at radius 2 is 2.29 bits per heavy atom. The Hall–Kier alpha value is -1.09. The van der Waals surface area contributed by atoms with Crippen molar-refractivity contribution in [1.29, 1.82) is 0 Å². The van der Waals surface area contributed by atoms with Gasteiger partial charge < -0.3 is 4.90 Å². The van der Waals surface area contributed by atoms with E-state index in [4.69, 9.17) is 11.6 Å². The van der Waals surface area contributed by atoms with Crippen molar-refractivity contribution >= 4 is 23.2 Å². The number of benzene rings is 1. The Balaban J connectivity index is 2.37. The molecular formula is C10H9ClFNO. The number of anilines is 1. The molecule has 0 spiro atoms. The molecule has 0 atom stereocenters. The molecule has 2 rings (SSSR count). The average Bonchev–Trinajstić information content (AvgIpc) is 2.43. The molecule has 4 heteroatoms. The molecule has 0 saturated heterocycles. The molecule has 0 aromatic heterocycles. The van der Waals surface area contributed by atoms with Crippen LogP contribution in [0.2, 0.25) is 0 Å². The van der Waals surface area contributed by atoms with Crippen LogP contribution in [0.4, 0.5) is 10.1 Å². The molecule has 1 amide bonds. The van der Waals surface area contributed by atoms with E-state index in [9.17, 15) is 9.18 Å². The van der Waals surface area contributed by atoms with Gasteiger partial charge in [-0.3, -0.25) is 4.79 Å². The topological polar surface area (TPSA) is 20.3 Å². The minimum absolute atomic E-state index is 0.00810. The Bertz CT molecular complexity index is 380. The van der Waals surface area contributed by atoms with E-state index in [0.717, 1.165) is 11.3 Å². The van der Waals surface area contributed by atoms with E-state index < -0.39 is 0 Å². The molecule has 0 bridgehead atoms. The van der Waals surface area contributed by atoms with Gasteiger partial charge in [0.25, 0.3) is 0 Å². The summed E-state index contributed by atoms with van der Waals surface area (Å²) in [4.78, 5) is 13.1. The highest BCUT2D eigenvalue weighted by Gasteiger charge is 2.26. The first-order valence-electron chi connectivity index (χ1n) is 4.37. The van der Waals surface area contributed by atoms with Gasteiger partial charge in [-0.05, 0) is 23.8 Å². The van der Waals surface area contributed by atoms with Crippen molar-refractivity contribution < 1.29 is 9.18 Å². The monoisotopic (exact) mass is 213 g/mol. The van der Waals surface area contributed by atoms with Gasteiger partial charge in [0, 0.05) is 18.1 Å². The SMILES string of the molecule is O=C1Cc2cc(F)ccc2N1CCCl. The number of rotatable bonds is 2. The maximum Gasteiger partial charge on any atom is 0.231 e. The van der Waals surface area contributed by atoms with Gasteiger partial charge in [0.2, 0.25) is 5.91 Å². The fraction of sp³-hybridized carbons (Fsp3) is 0.300. The van der Waals surface area contributed by atoms with Gasteiger partial charge in [-0.2, -0.15) is 0 Å². The molecule has 0 unspecified atom stereocenters. The third-order valence-electron chi connectivity index (χ3n) is 2.28. The minimum Gasteiger partial charge on any atom is -0.311 e. The summed E-state index contributed by atoms with van der Waals surface area (Å²) in [7, 11) is 0. The summed E-state index contributed by atoms with van der Waals surface area (Å²) in [5.41, 5.74) is 1.54. The number of carbonyl (C=O) groups excluding carboxylic acids is 1. The lowest BCUT2D eigenvalue weighted by Crippen LogP contribution is -2.28. The Morgan fingerprint density at radius 3 is 3.00 bits per heavy atom. The van der Waals surface area contributed by atoms with E-state index in [1.54, 1.807) is 11.0 Å². The van der Waals surface area contributed by atoms with Crippen molar-refractivity contribution in [2.75, 3.05) is 17.3 Å². The van der Waals surface area contributed by atoms with Crippen molar-refractivity contribution in [2.24, 2.45) is 0 Å². The second kappa shape index (κ2) is 3.58. The van der Waals surface area contributed by atoms with E-state index in [2.05, 4.69) is 0 Å². The zero-order valence-electron chi connectivity index (χ0n) is 7.46. The van der Waals surface area contributed by atoms with E-state index in [-0.39, 0.29) is 18.1 Å². The normalized spacial score (nSPS) is 14.7. The number of nitrogens with zero attached hydrogens (tertiary/aromatic N) is 1. The van der Waals surface area contributed by atoms with E-state index in [1.807, 2.05) is 0 Å². The van der Waals surface area contributed by atoms with E-state index >= 15 is 0 Å². The van der Waals surface area contributed by atoms with Crippen molar-refractivity contribution in [2.45, 2.75) is 6.42 Å². The minimum atomic E-state index is -0.302. The highest BCUT2D eigenvalue weighted by Crippen LogP contribution is 2.28. The fourth-order valence-electron chi connectivity index (χ4n) is 1.68. The van der Waals surface area contributed by atoms with Gasteiger partial charge in [-0.1, -0.05) is 0 Å². The molecule has 14 heavy (non-hydrogen) atoms. The summed E-state index contributed by atoms with van der Waals surface area (Å²) in [6.45, 7) is 0.485. The second-order valence-corrected chi connectivity index (χ2v) is 3.56. The van der Waals surface area contributed by atoms with Crippen molar-refractivity contribution in [1.82, 2.24) is 0 Å². The van der Waals surface area contributed by atoms with Crippen LogP contribution in [0.25, 0.3) is 0 Å². The second-order valence-electron chi connectivity index (χ2n) is 3.18. The number of amides is 1. The first kappa shape index (κ1) is 9.46. The standard InChI is InChI=1S/C10H9ClFNO/c11-3-4-13-9-2-1-8(12)5-7(9)6-10(13)14/h1-2,5H,3-4,6H2. The summed E-state index contributed by atoms with van der Waals surface area (Å²) < 4.78 is 12.8. The molecule has 1 aliphatic heterocycles. The molecule has 1 heterocycles. The first-order valence-corrected chi connectivity index (χ1v) is 4.90. The first-order chi connectivity index (χ1) is 6.72. The number of carbonyl (C=O) groups is 1. The van der Waals surface area contributed by atoms with Gasteiger partial charge in [0.15, 0.2) is 0 Å². The van der Waals surface area contributed by atoms with Gasteiger partial charge in [-0.25, -0.2) is 4.39 Å². The van der Waals surface area contributed by atoms with Crippen LogP contribution < -0.4 is 4.90 Å². The van der Waals surface area contributed by atoms with Crippen LogP contribution >= 0.6 is 11.6 Å². The lowest BCUT2D eigenvalue weighted by Gasteiger charge is -2.15. The quantitative estimate of drug-likeness (QED) is 0.688. The van der Waals surface area contributed by atoms with Crippen molar-refractivity contribution in [3.63, 3.8) is 0 Å². The number of hydrogen-bond acceptors (Lipinski definition) is 1. The maximum absolute atomic E-state index is 12.8. The third-order valence-corrected chi connectivity index (χ3v) is 2.45. The highest BCUT2D eigenvalue weighted by molar-refractivity contribution is 6.18. The summed E-state index contributed by atoms with van der Waals surface area (Å²) in [6.07, 6.45) is 0.282. The predicted octanol–water partition coefficient (Wildman–Crippen LogP) is 1.95. The third kappa shape index (κ3) is 1.48. The van der Waals surface area contributed by atoms with Crippen LogP contribution in [0.1, 0.15) is 5.56 Å². The molecule has 1 aromatic rings. The lowest BCUT2D eigenvalue weighted by molar-refractivity contribution is -0.117. The Labute approximate surface area is 86.3 Å². The maximum atomic E-state index is 12.8. The molecule has 2 nitrogen and oxygen atoms in total. The average molecular weight is 214 g/mol. The van der Waals surface area contributed by atoms with E-state index in [1.165, 1.54) is 12.1 Å². The molecule has 0 aliphatic carbocycles. The van der Waals surface area contributed by atoms with Crippen LogP contribution in [0.15, 0.2) is 18.2 Å². The summed E-state index contributed by atoms with van der Waals surface area (Å²) >= 11 is 5.58. The predicted molar refractivity (Wildman–Crippen MR) is 53.2 cm³/mol. The molecule has 0 radical (unpaired) electrons. The lowest BCUT2D eigenvalue weighted by atomic mass is 10.1. The zero-order valence-corrected chi connectivity index (χ0v) is 8.22. The van der Waals surface area contributed by atoms with Gasteiger partial charge in [0.05, 0.1) is 6.42 Å². The smallest absolute Gasteiger partial charge is 0.231 e. The van der Waals surface area contributed by atoms with E-state index in [0.29, 0.717) is 12.4 Å². The van der Waals surface area contributed by atoms with Crippen LogP contribution in [0.3, 0.4) is 0 Å². The van der Waals surface area contributed by atoms with Gasteiger partial charge in [-0.15, -0.1) is 11.6 Å². The zero-order chi connectivity index (χ0) is 10.1. The molecular weight excluding hydrogens is 205 g/mol. The van der Waals surface area contributed by atoms with Gasteiger partial charge >= 0.3 is 0 Å². The van der Waals surface area contributed by atoms with Crippen molar-refractivity contribution in [3.8, 4) is 0 Å². The summed E-state index contributed by atoms with van der Waals surface area (Å²) in [5, 5.41) is 0. The fourth-order valence-corrected chi connectivity index (χ4v) is 1.85. The summed E-state index contributed by atoms with van der Waals surface area (Å²) in [5.74, 6) is 0.0817. The van der Waals surface area contributed by atoms with Crippen LogP contribution in [0, 0.1) is 5.82 Å². The highest BCUT2D eigenvalue weighted by atomic mass is 35.5.